The standard InChI is InChI=1S/C19H27NO5/c1-18(2,3)25-17(22)20-11-10-19(13-20,16(21)23-4)14-24-12-15-8-6-5-7-9-15/h5-9H,10-14H2,1-4H3/t19-/m1/s1. The Morgan fingerprint density at radius 3 is 2.48 bits per heavy atom. The highest BCUT2D eigenvalue weighted by atomic mass is 16.6. The summed E-state index contributed by atoms with van der Waals surface area (Å²) < 4.78 is 16.1. The molecule has 1 aliphatic heterocycles. The van der Waals surface area contributed by atoms with Gasteiger partial charge in [-0.3, -0.25) is 4.79 Å². The molecule has 6 heteroatoms. The van der Waals surface area contributed by atoms with Crippen molar-refractivity contribution in [2.45, 2.75) is 39.4 Å². The van der Waals surface area contributed by atoms with Crippen molar-refractivity contribution in [2.24, 2.45) is 5.41 Å². The van der Waals surface area contributed by atoms with Crippen molar-refractivity contribution in [2.75, 3.05) is 26.8 Å². The summed E-state index contributed by atoms with van der Waals surface area (Å²) in [6.45, 7) is 6.74. The van der Waals surface area contributed by atoms with Crippen molar-refractivity contribution in [1.82, 2.24) is 4.90 Å². The first-order valence-corrected chi connectivity index (χ1v) is 8.44. The predicted molar refractivity (Wildman–Crippen MR) is 93.0 cm³/mol. The molecule has 0 N–H and O–H groups in total. The van der Waals surface area contributed by atoms with Crippen molar-refractivity contribution >= 4 is 12.1 Å². The van der Waals surface area contributed by atoms with Gasteiger partial charge in [-0.25, -0.2) is 4.79 Å². The fraction of sp³-hybridized carbons (Fsp3) is 0.579. The van der Waals surface area contributed by atoms with E-state index in [4.69, 9.17) is 14.2 Å². The van der Waals surface area contributed by atoms with E-state index in [1.165, 1.54) is 7.11 Å². The largest absolute Gasteiger partial charge is 0.468 e. The molecule has 1 amide bonds. The van der Waals surface area contributed by atoms with E-state index in [0.717, 1.165) is 5.56 Å². The van der Waals surface area contributed by atoms with E-state index in [9.17, 15) is 9.59 Å². The molecule has 1 fully saturated rings. The van der Waals surface area contributed by atoms with Crippen molar-refractivity contribution in [3.63, 3.8) is 0 Å². The zero-order valence-corrected chi connectivity index (χ0v) is 15.4. The summed E-state index contributed by atoms with van der Waals surface area (Å²) >= 11 is 0. The normalized spacial score (nSPS) is 20.4. The number of nitrogens with zero attached hydrogens (tertiary/aromatic N) is 1. The van der Waals surface area contributed by atoms with Crippen molar-refractivity contribution in [3.05, 3.63) is 35.9 Å². The Morgan fingerprint density at radius 2 is 1.88 bits per heavy atom. The molecule has 1 atom stereocenters. The monoisotopic (exact) mass is 349 g/mol. The number of ether oxygens (including phenoxy) is 3. The molecule has 0 bridgehead atoms. The minimum Gasteiger partial charge on any atom is -0.468 e. The number of hydrogen-bond donors (Lipinski definition) is 0. The maximum absolute atomic E-state index is 12.4. The molecule has 25 heavy (non-hydrogen) atoms. The second-order valence-electron chi connectivity index (χ2n) is 7.40. The van der Waals surface area contributed by atoms with Crippen LogP contribution in [0.3, 0.4) is 0 Å². The number of carbonyl (C=O) groups is 2. The van der Waals surface area contributed by atoms with Gasteiger partial charge in [-0.2, -0.15) is 0 Å². The third kappa shape index (κ3) is 5.19. The summed E-state index contributed by atoms with van der Waals surface area (Å²) in [6, 6.07) is 9.75. The van der Waals surface area contributed by atoms with Crippen LogP contribution >= 0.6 is 0 Å². The highest BCUT2D eigenvalue weighted by molar-refractivity contribution is 5.79. The van der Waals surface area contributed by atoms with Crippen LogP contribution in [0, 0.1) is 5.41 Å². The highest BCUT2D eigenvalue weighted by Crippen LogP contribution is 2.33. The van der Waals surface area contributed by atoms with Gasteiger partial charge in [0, 0.05) is 13.1 Å². The highest BCUT2D eigenvalue weighted by Gasteiger charge is 2.48. The second-order valence-corrected chi connectivity index (χ2v) is 7.40. The minimum atomic E-state index is -0.847. The molecular weight excluding hydrogens is 322 g/mol. The Balaban J connectivity index is 1.99. The summed E-state index contributed by atoms with van der Waals surface area (Å²) in [5.41, 5.74) is -0.387. The Morgan fingerprint density at radius 1 is 1.20 bits per heavy atom. The van der Waals surface area contributed by atoms with Crippen LogP contribution in [0.4, 0.5) is 4.79 Å². The van der Waals surface area contributed by atoms with Crippen molar-refractivity contribution in [3.8, 4) is 0 Å². The molecule has 0 aliphatic carbocycles. The van der Waals surface area contributed by atoms with Gasteiger partial charge in [-0.15, -0.1) is 0 Å². The molecule has 1 saturated heterocycles. The maximum atomic E-state index is 12.4. The van der Waals surface area contributed by atoms with Crippen LogP contribution in [-0.4, -0.2) is 49.4 Å². The van der Waals surface area contributed by atoms with Gasteiger partial charge in [0.25, 0.3) is 0 Å². The SMILES string of the molecule is COC(=O)[C@]1(COCc2ccccc2)CCN(C(=O)OC(C)(C)C)C1. The molecule has 6 nitrogen and oxygen atoms in total. The molecule has 0 saturated carbocycles. The first-order valence-electron chi connectivity index (χ1n) is 8.44. The van der Waals surface area contributed by atoms with E-state index in [0.29, 0.717) is 19.6 Å². The van der Waals surface area contributed by atoms with Crippen LogP contribution < -0.4 is 0 Å². The molecule has 1 aromatic carbocycles. The maximum Gasteiger partial charge on any atom is 0.410 e. The molecule has 138 valence electrons. The van der Waals surface area contributed by atoms with Crippen LogP contribution in [0.2, 0.25) is 0 Å². The topological polar surface area (TPSA) is 65.1 Å². The molecule has 0 spiro atoms. The van der Waals surface area contributed by atoms with E-state index in [2.05, 4.69) is 0 Å². The molecule has 1 heterocycles. The van der Waals surface area contributed by atoms with Gasteiger partial charge in [0.1, 0.15) is 11.0 Å². The quantitative estimate of drug-likeness (QED) is 0.765. The number of esters is 1. The van der Waals surface area contributed by atoms with Gasteiger partial charge in [0.15, 0.2) is 0 Å². The van der Waals surface area contributed by atoms with Gasteiger partial charge < -0.3 is 19.1 Å². The third-order valence-corrected chi connectivity index (χ3v) is 4.11. The minimum absolute atomic E-state index is 0.202. The molecule has 0 aromatic heterocycles. The van der Waals surface area contributed by atoms with Gasteiger partial charge >= 0.3 is 12.1 Å². The molecule has 2 rings (SSSR count). The van der Waals surface area contributed by atoms with Crippen LogP contribution in [0.15, 0.2) is 30.3 Å². The van der Waals surface area contributed by atoms with E-state index in [1.54, 1.807) is 4.90 Å². The first kappa shape index (κ1) is 19.2. The predicted octanol–water partition coefficient (Wildman–Crippen LogP) is 3.00. The number of methoxy groups -OCH3 is 1. The molecule has 0 radical (unpaired) electrons. The fourth-order valence-electron chi connectivity index (χ4n) is 2.85. The lowest BCUT2D eigenvalue weighted by Crippen LogP contribution is -2.42. The Kier molecular flexibility index (Phi) is 6.06. The van der Waals surface area contributed by atoms with Crippen LogP contribution in [0.5, 0.6) is 0 Å². The van der Waals surface area contributed by atoms with E-state index < -0.39 is 17.1 Å². The number of benzene rings is 1. The average molecular weight is 349 g/mol. The van der Waals surface area contributed by atoms with E-state index >= 15 is 0 Å². The second kappa shape index (κ2) is 7.87. The average Bonchev–Trinajstić information content (AvgIpc) is 2.99. The van der Waals surface area contributed by atoms with Gasteiger partial charge in [0.2, 0.25) is 0 Å². The Labute approximate surface area is 149 Å². The summed E-state index contributed by atoms with van der Waals surface area (Å²) in [6.07, 6.45) is 0.0783. The van der Waals surface area contributed by atoms with E-state index in [1.807, 2.05) is 51.1 Å². The van der Waals surface area contributed by atoms with Gasteiger partial charge in [0.05, 0.1) is 20.3 Å². The first-order chi connectivity index (χ1) is 11.8. The van der Waals surface area contributed by atoms with Crippen LogP contribution in [0.25, 0.3) is 0 Å². The number of likely N-dealkylation sites (tertiary alicyclic amines) is 1. The number of hydrogen-bond acceptors (Lipinski definition) is 5. The number of amides is 1. The van der Waals surface area contributed by atoms with Crippen LogP contribution in [0.1, 0.15) is 32.8 Å². The number of rotatable bonds is 5. The zero-order chi connectivity index (χ0) is 18.5. The Hall–Kier alpha value is -2.08. The smallest absolute Gasteiger partial charge is 0.410 e. The lowest BCUT2D eigenvalue weighted by atomic mass is 9.88. The van der Waals surface area contributed by atoms with Crippen molar-refractivity contribution in [1.29, 1.82) is 0 Å². The lowest BCUT2D eigenvalue weighted by Gasteiger charge is -2.28. The van der Waals surface area contributed by atoms with Crippen molar-refractivity contribution < 1.29 is 23.8 Å². The molecular formula is C19H27NO5. The summed E-state index contributed by atoms with van der Waals surface area (Å²) in [5.74, 6) is -0.355. The van der Waals surface area contributed by atoms with Gasteiger partial charge in [-0.1, -0.05) is 30.3 Å². The fourth-order valence-corrected chi connectivity index (χ4v) is 2.85. The number of carbonyl (C=O) groups excluding carboxylic acids is 2. The van der Waals surface area contributed by atoms with E-state index in [-0.39, 0.29) is 19.1 Å². The zero-order valence-electron chi connectivity index (χ0n) is 15.4. The third-order valence-electron chi connectivity index (χ3n) is 4.11. The molecule has 1 aromatic rings. The molecule has 0 unspecified atom stereocenters. The summed E-state index contributed by atoms with van der Waals surface area (Å²) in [5, 5.41) is 0. The molecule has 1 aliphatic rings. The lowest BCUT2D eigenvalue weighted by molar-refractivity contribution is -0.156. The summed E-state index contributed by atoms with van der Waals surface area (Å²) in [7, 11) is 1.36. The van der Waals surface area contributed by atoms with Gasteiger partial charge in [-0.05, 0) is 32.8 Å². The Bertz CT molecular complexity index is 596. The van der Waals surface area contributed by atoms with Crippen LogP contribution in [-0.2, 0) is 25.6 Å². The summed E-state index contributed by atoms with van der Waals surface area (Å²) in [4.78, 5) is 26.2.